The summed E-state index contributed by atoms with van der Waals surface area (Å²) < 4.78 is 1.82. The number of nitrogens with two attached hydrogens (primary N) is 1. The van der Waals surface area contributed by atoms with Crippen molar-refractivity contribution in [3.8, 4) is 0 Å². The molecule has 1 fully saturated rings. The largest absolute Gasteiger partial charge is 0.399 e. The van der Waals surface area contributed by atoms with Gasteiger partial charge < -0.3 is 5.73 Å². The first kappa shape index (κ1) is 13.8. The molecule has 1 aliphatic carbocycles. The summed E-state index contributed by atoms with van der Waals surface area (Å²) in [5, 5.41) is 4.19. The summed E-state index contributed by atoms with van der Waals surface area (Å²) in [6.45, 7) is 4.07. The Morgan fingerprint density at radius 1 is 1.33 bits per heavy atom. The Hall–Kier alpha value is -2.17. The third-order valence-corrected chi connectivity index (χ3v) is 4.20. The van der Waals surface area contributed by atoms with Crippen LogP contribution in [0.15, 0.2) is 30.6 Å². The van der Waals surface area contributed by atoms with Crippen LogP contribution >= 0.6 is 0 Å². The second kappa shape index (κ2) is 4.98. The zero-order chi connectivity index (χ0) is 15.0. The Bertz CT molecular complexity index is 653. The van der Waals surface area contributed by atoms with Gasteiger partial charge in [-0.2, -0.15) is 5.10 Å². The van der Waals surface area contributed by atoms with Gasteiger partial charge in [0.05, 0.1) is 11.8 Å². The topological polar surface area (TPSA) is 73.8 Å². The molecular formula is C16H20N4O. The molecule has 2 N–H and O–H groups in total. The second-order valence-corrected chi connectivity index (χ2v) is 6.02. The van der Waals surface area contributed by atoms with E-state index in [-0.39, 0.29) is 17.2 Å². The smallest absolute Gasteiger partial charge is 0.150 e. The molecule has 5 nitrogen and oxygen atoms in total. The lowest BCUT2D eigenvalue weighted by molar-refractivity contribution is -0.121. The van der Waals surface area contributed by atoms with Gasteiger partial charge in [0, 0.05) is 11.7 Å². The number of nitrogen functional groups attached to an aromatic ring is 1. The third kappa shape index (κ3) is 2.44. The van der Waals surface area contributed by atoms with Gasteiger partial charge in [0.1, 0.15) is 12.2 Å². The summed E-state index contributed by atoms with van der Waals surface area (Å²) in [5.41, 5.74) is 7.18. The molecule has 0 aliphatic heterocycles. The first-order chi connectivity index (χ1) is 10.0. The lowest BCUT2D eigenvalue weighted by Gasteiger charge is -2.15. The summed E-state index contributed by atoms with van der Waals surface area (Å²) in [7, 11) is 0. The quantitative estimate of drug-likeness (QED) is 0.855. The molecule has 0 amide bonds. The maximum absolute atomic E-state index is 12.7. The molecule has 3 rings (SSSR count). The van der Waals surface area contributed by atoms with Crippen molar-refractivity contribution in [1.82, 2.24) is 14.8 Å². The van der Waals surface area contributed by atoms with E-state index in [0.29, 0.717) is 6.42 Å². The predicted molar refractivity (Wildman–Crippen MR) is 80.9 cm³/mol. The Kier molecular flexibility index (Phi) is 3.27. The van der Waals surface area contributed by atoms with E-state index in [1.807, 2.05) is 42.8 Å². The SMILES string of the molecule is CC(C)n1ncnc1CC(=O)C1(c2ccc(N)cc2)CC1. The van der Waals surface area contributed by atoms with Gasteiger partial charge in [-0.25, -0.2) is 9.67 Å². The van der Waals surface area contributed by atoms with Crippen LogP contribution in [-0.4, -0.2) is 20.5 Å². The highest BCUT2D eigenvalue weighted by Crippen LogP contribution is 2.49. The van der Waals surface area contributed by atoms with Crippen LogP contribution in [0.2, 0.25) is 0 Å². The van der Waals surface area contributed by atoms with E-state index in [1.165, 1.54) is 6.33 Å². The van der Waals surface area contributed by atoms with Gasteiger partial charge in [0.25, 0.3) is 0 Å². The van der Waals surface area contributed by atoms with Crippen molar-refractivity contribution in [2.75, 3.05) is 5.73 Å². The molecule has 0 atom stereocenters. The minimum absolute atomic E-state index is 0.210. The average Bonchev–Trinajstić information content (AvgIpc) is 3.13. The number of aromatic nitrogens is 3. The molecule has 0 radical (unpaired) electrons. The van der Waals surface area contributed by atoms with Crippen molar-refractivity contribution in [2.24, 2.45) is 0 Å². The number of rotatable bonds is 5. The van der Waals surface area contributed by atoms with Crippen molar-refractivity contribution < 1.29 is 4.79 Å². The van der Waals surface area contributed by atoms with Gasteiger partial charge >= 0.3 is 0 Å². The number of hydrogen-bond acceptors (Lipinski definition) is 4. The molecule has 0 unspecified atom stereocenters. The molecule has 0 bridgehead atoms. The Morgan fingerprint density at radius 2 is 2.00 bits per heavy atom. The van der Waals surface area contributed by atoms with E-state index in [0.717, 1.165) is 29.9 Å². The number of nitrogens with zero attached hydrogens (tertiary/aromatic N) is 3. The van der Waals surface area contributed by atoms with Crippen LogP contribution < -0.4 is 5.73 Å². The van der Waals surface area contributed by atoms with Gasteiger partial charge in [-0.15, -0.1) is 0 Å². The van der Waals surface area contributed by atoms with Crippen LogP contribution in [0, 0.1) is 0 Å². The maximum atomic E-state index is 12.7. The van der Waals surface area contributed by atoms with Gasteiger partial charge in [-0.1, -0.05) is 12.1 Å². The lowest BCUT2D eigenvalue weighted by Crippen LogP contribution is -2.24. The predicted octanol–water partition coefficient (Wildman–Crippen LogP) is 2.28. The number of benzene rings is 1. The standard InChI is InChI=1S/C16H20N4O/c1-11(2)20-15(18-10-19-20)9-14(21)16(7-8-16)12-3-5-13(17)6-4-12/h3-6,10-11H,7-9,17H2,1-2H3. The van der Waals surface area contributed by atoms with E-state index in [9.17, 15) is 4.79 Å². The molecule has 0 saturated heterocycles. The Balaban J connectivity index is 1.82. The highest BCUT2D eigenvalue weighted by molar-refractivity contribution is 5.94. The minimum atomic E-state index is -0.332. The molecule has 110 valence electrons. The van der Waals surface area contributed by atoms with Crippen LogP contribution in [0.25, 0.3) is 0 Å². The molecule has 5 heteroatoms. The van der Waals surface area contributed by atoms with Crippen molar-refractivity contribution in [2.45, 2.75) is 44.6 Å². The zero-order valence-corrected chi connectivity index (χ0v) is 12.4. The fourth-order valence-corrected chi connectivity index (χ4v) is 2.80. The Morgan fingerprint density at radius 3 is 2.57 bits per heavy atom. The molecule has 2 aromatic rings. The van der Waals surface area contributed by atoms with E-state index in [1.54, 1.807) is 0 Å². The molecular weight excluding hydrogens is 264 g/mol. The number of carbonyl (C=O) groups is 1. The fraction of sp³-hybridized carbons (Fsp3) is 0.438. The average molecular weight is 284 g/mol. The first-order valence-electron chi connectivity index (χ1n) is 7.30. The summed E-state index contributed by atoms with van der Waals surface area (Å²) in [4.78, 5) is 17.0. The van der Waals surface area contributed by atoms with Crippen LogP contribution in [0.1, 0.15) is 44.1 Å². The number of anilines is 1. The van der Waals surface area contributed by atoms with Crippen LogP contribution in [0.5, 0.6) is 0 Å². The fourth-order valence-electron chi connectivity index (χ4n) is 2.80. The van der Waals surface area contributed by atoms with E-state index in [2.05, 4.69) is 10.1 Å². The van der Waals surface area contributed by atoms with Crippen LogP contribution in [0.3, 0.4) is 0 Å². The lowest BCUT2D eigenvalue weighted by atomic mass is 9.89. The second-order valence-electron chi connectivity index (χ2n) is 6.02. The molecule has 1 heterocycles. The van der Waals surface area contributed by atoms with Crippen LogP contribution in [0.4, 0.5) is 5.69 Å². The van der Waals surface area contributed by atoms with Crippen molar-refractivity contribution >= 4 is 11.5 Å². The number of Topliss-reactive ketones (excluding diaryl/α,β-unsaturated/α-hetero) is 1. The summed E-state index contributed by atoms with van der Waals surface area (Å²) in [5.74, 6) is 0.971. The maximum Gasteiger partial charge on any atom is 0.150 e. The molecule has 1 aliphatic rings. The monoisotopic (exact) mass is 284 g/mol. The van der Waals surface area contributed by atoms with Gasteiger partial charge in [-0.3, -0.25) is 4.79 Å². The van der Waals surface area contributed by atoms with Crippen molar-refractivity contribution in [1.29, 1.82) is 0 Å². The van der Waals surface area contributed by atoms with Crippen molar-refractivity contribution in [3.05, 3.63) is 42.0 Å². The minimum Gasteiger partial charge on any atom is -0.399 e. The molecule has 21 heavy (non-hydrogen) atoms. The van der Waals surface area contributed by atoms with Gasteiger partial charge in [0.2, 0.25) is 0 Å². The summed E-state index contributed by atoms with van der Waals surface area (Å²) in [6.07, 6.45) is 3.67. The zero-order valence-electron chi connectivity index (χ0n) is 12.4. The molecule has 1 saturated carbocycles. The van der Waals surface area contributed by atoms with Crippen molar-refractivity contribution in [3.63, 3.8) is 0 Å². The number of carbonyl (C=O) groups excluding carboxylic acids is 1. The van der Waals surface area contributed by atoms with Crippen LogP contribution in [-0.2, 0) is 16.6 Å². The molecule has 0 spiro atoms. The summed E-state index contributed by atoms with van der Waals surface area (Å²) in [6, 6.07) is 7.86. The normalized spacial score (nSPS) is 16.1. The van der Waals surface area contributed by atoms with E-state index < -0.39 is 0 Å². The van der Waals surface area contributed by atoms with E-state index in [4.69, 9.17) is 5.73 Å². The highest BCUT2D eigenvalue weighted by Gasteiger charge is 2.50. The molecule has 1 aromatic carbocycles. The molecule has 1 aromatic heterocycles. The first-order valence-corrected chi connectivity index (χ1v) is 7.30. The highest BCUT2D eigenvalue weighted by atomic mass is 16.1. The Labute approximate surface area is 124 Å². The number of hydrogen-bond donors (Lipinski definition) is 1. The van der Waals surface area contributed by atoms with Gasteiger partial charge in [-0.05, 0) is 44.4 Å². The number of ketones is 1. The van der Waals surface area contributed by atoms with Gasteiger partial charge in [0.15, 0.2) is 5.78 Å². The third-order valence-electron chi connectivity index (χ3n) is 4.20. The summed E-state index contributed by atoms with van der Waals surface area (Å²) >= 11 is 0. The van der Waals surface area contributed by atoms with E-state index >= 15 is 0 Å².